The van der Waals surface area contributed by atoms with Crippen LogP contribution in [-0.2, 0) is 14.3 Å². The van der Waals surface area contributed by atoms with E-state index in [9.17, 15) is 4.79 Å². The Bertz CT molecular complexity index is 134. The lowest BCUT2D eigenvalue weighted by Gasteiger charge is -2.26. The molecular formula is C6H13N2O3. The first-order valence-electron chi connectivity index (χ1n) is 3.24. The summed E-state index contributed by atoms with van der Waals surface area (Å²) in [6, 6.07) is 0. The molecule has 0 aromatic carbocycles. The molecule has 0 heterocycles. The standard InChI is InChI=1S/C6H13N2O3/c1-4-8-6(10-2,11-3)5(7)9/h7-8H,4H2,1-3H3. The first-order valence-corrected chi connectivity index (χ1v) is 3.24. The number of carbonyl (C=O) groups is 1. The number of methoxy groups -OCH3 is 2. The van der Waals surface area contributed by atoms with E-state index in [1.807, 2.05) is 0 Å². The summed E-state index contributed by atoms with van der Waals surface area (Å²) in [4.78, 5) is 10.7. The zero-order valence-electron chi connectivity index (χ0n) is 6.93. The predicted molar refractivity (Wildman–Crippen MR) is 38.5 cm³/mol. The molecule has 0 spiro atoms. The average molecular weight is 161 g/mol. The molecular weight excluding hydrogens is 148 g/mol. The minimum atomic E-state index is -1.59. The van der Waals surface area contributed by atoms with Gasteiger partial charge in [-0.05, 0) is 6.54 Å². The van der Waals surface area contributed by atoms with E-state index in [1.54, 1.807) is 6.92 Å². The maximum Gasteiger partial charge on any atom is 0.315 e. The van der Waals surface area contributed by atoms with Gasteiger partial charge in [0.2, 0.25) is 0 Å². The van der Waals surface area contributed by atoms with Gasteiger partial charge >= 0.3 is 11.8 Å². The molecule has 1 amide bonds. The molecule has 0 fully saturated rings. The van der Waals surface area contributed by atoms with E-state index >= 15 is 0 Å². The van der Waals surface area contributed by atoms with Gasteiger partial charge in [-0.2, -0.15) is 0 Å². The maximum atomic E-state index is 10.7. The second kappa shape index (κ2) is 4.27. The Hall–Kier alpha value is -0.650. The fourth-order valence-electron chi connectivity index (χ4n) is 0.726. The van der Waals surface area contributed by atoms with Gasteiger partial charge in [0.25, 0.3) is 0 Å². The number of hydrogen-bond acceptors (Lipinski definition) is 4. The van der Waals surface area contributed by atoms with Gasteiger partial charge in [0.15, 0.2) is 0 Å². The van der Waals surface area contributed by atoms with E-state index in [1.165, 1.54) is 14.2 Å². The lowest BCUT2D eigenvalue weighted by Crippen LogP contribution is -2.55. The fraction of sp³-hybridized carbons (Fsp3) is 0.833. The predicted octanol–water partition coefficient (Wildman–Crippen LogP) is -0.648. The Labute approximate surface area is 65.8 Å². The van der Waals surface area contributed by atoms with Crippen LogP contribution >= 0.6 is 0 Å². The molecule has 0 aliphatic heterocycles. The molecule has 0 aliphatic rings. The highest BCUT2D eigenvalue weighted by molar-refractivity contribution is 5.80. The molecule has 0 aromatic rings. The number of likely N-dealkylation sites (N-methyl/N-ethyl adjacent to an activating group) is 1. The molecule has 1 radical (unpaired) electrons. The monoisotopic (exact) mass is 161 g/mol. The van der Waals surface area contributed by atoms with Crippen LogP contribution in [0.5, 0.6) is 0 Å². The fourth-order valence-corrected chi connectivity index (χ4v) is 0.726. The second-order valence-electron chi connectivity index (χ2n) is 1.88. The first kappa shape index (κ1) is 10.3. The third kappa shape index (κ3) is 2.14. The number of carbonyl (C=O) groups excluding carboxylic acids is 1. The molecule has 0 saturated heterocycles. The Morgan fingerprint density at radius 2 is 2.00 bits per heavy atom. The molecule has 11 heavy (non-hydrogen) atoms. The van der Waals surface area contributed by atoms with E-state index < -0.39 is 11.8 Å². The normalized spacial score (nSPS) is 11.5. The maximum absolute atomic E-state index is 10.7. The largest absolute Gasteiger partial charge is 0.333 e. The van der Waals surface area contributed by atoms with Gasteiger partial charge in [-0.15, -0.1) is 0 Å². The van der Waals surface area contributed by atoms with E-state index in [0.717, 1.165) is 0 Å². The van der Waals surface area contributed by atoms with Crippen molar-refractivity contribution in [2.75, 3.05) is 20.8 Å². The van der Waals surface area contributed by atoms with E-state index in [-0.39, 0.29) is 0 Å². The highest BCUT2D eigenvalue weighted by Crippen LogP contribution is 2.05. The van der Waals surface area contributed by atoms with Crippen LogP contribution in [0.15, 0.2) is 0 Å². The molecule has 0 rings (SSSR count). The molecule has 0 bridgehead atoms. The van der Waals surface area contributed by atoms with Crippen molar-refractivity contribution in [3.8, 4) is 0 Å². The van der Waals surface area contributed by atoms with Crippen molar-refractivity contribution in [2.45, 2.75) is 12.8 Å². The number of ether oxygens (including phenoxy) is 2. The topological polar surface area (TPSA) is 71.4 Å². The van der Waals surface area contributed by atoms with Gasteiger partial charge in [0, 0.05) is 14.2 Å². The summed E-state index contributed by atoms with van der Waals surface area (Å²) in [6.45, 7) is 2.28. The highest BCUT2D eigenvalue weighted by atomic mass is 16.7. The Morgan fingerprint density at radius 1 is 1.55 bits per heavy atom. The van der Waals surface area contributed by atoms with Gasteiger partial charge in [-0.1, -0.05) is 6.92 Å². The Kier molecular flexibility index (Phi) is 4.02. The summed E-state index contributed by atoms with van der Waals surface area (Å²) in [7, 11) is 2.61. The molecule has 0 atom stereocenters. The molecule has 0 saturated carbocycles. The summed E-state index contributed by atoms with van der Waals surface area (Å²) in [5.41, 5.74) is 6.83. The summed E-state index contributed by atoms with van der Waals surface area (Å²) >= 11 is 0. The number of amides is 1. The first-order chi connectivity index (χ1) is 5.13. The molecule has 2 N–H and O–H groups in total. The van der Waals surface area contributed by atoms with Crippen LogP contribution in [-0.4, -0.2) is 32.6 Å². The van der Waals surface area contributed by atoms with Crippen molar-refractivity contribution in [1.82, 2.24) is 11.1 Å². The van der Waals surface area contributed by atoms with Crippen LogP contribution in [0.4, 0.5) is 0 Å². The van der Waals surface area contributed by atoms with Crippen molar-refractivity contribution in [3.05, 3.63) is 0 Å². The van der Waals surface area contributed by atoms with Crippen LogP contribution < -0.4 is 11.1 Å². The SMILES string of the molecule is CCNC(OC)(OC)C([NH])=O. The Balaban J connectivity index is 4.32. The quantitative estimate of drug-likeness (QED) is 0.544. The lowest BCUT2D eigenvalue weighted by molar-refractivity contribution is -0.221. The average Bonchev–Trinajstić information content (AvgIpc) is 2.00. The van der Waals surface area contributed by atoms with Crippen LogP contribution in [0.2, 0.25) is 0 Å². The van der Waals surface area contributed by atoms with Gasteiger partial charge in [0.1, 0.15) is 0 Å². The van der Waals surface area contributed by atoms with Gasteiger partial charge in [0.05, 0.1) is 0 Å². The van der Waals surface area contributed by atoms with Crippen LogP contribution in [0.25, 0.3) is 0 Å². The zero-order valence-corrected chi connectivity index (χ0v) is 6.93. The summed E-state index contributed by atoms with van der Waals surface area (Å²) in [6.07, 6.45) is 0. The van der Waals surface area contributed by atoms with Gasteiger partial charge in [-0.3, -0.25) is 15.8 Å². The molecule has 0 aliphatic carbocycles. The lowest BCUT2D eigenvalue weighted by atomic mass is 10.4. The van der Waals surface area contributed by atoms with Gasteiger partial charge < -0.3 is 9.47 Å². The number of hydrogen-bond donors (Lipinski definition) is 1. The molecule has 65 valence electrons. The smallest absolute Gasteiger partial charge is 0.315 e. The molecule has 0 unspecified atom stereocenters. The summed E-state index contributed by atoms with van der Waals surface area (Å²) in [5, 5.41) is 2.61. The van der Waals surface area contributed by atoms with Crippen molar-refractivity contribution >= 4 is 5.91 Å². The summed E-state index contributed by atoms with van der Waals surface area (Å²) < 4.78 is 9.44. The van der Waals surface area contributed by atoms with E-state index in [0.29, 0.717) is 6.54 Å². The van der Waals surface area contributed by atoms with Gasteiger partial charge in [-0.25, -0.2) is 0 Å². The summed E-state index contributed by atoms with van der Waals surface area (Å²) in [5.74, 6) is -2.53. The van der Waals surface area contributed by atoms with E-state index in [4.69, 9.17) is 15.2 Å². The Morgan fingerprint density at radius 3 is 2.09 bits per heavy atom. The van der Waals surface area contributed by atoms with Crippen molar-refractivity contribution in [2.24, 2.45) is 0 Å². The second-order valence-corrected chi connectivity index (χ2v) is 1.88. The number of rotatable bonds is 5. The van der Waals surface area contributed by atoms with Crippen LogP contribution in [0, 0.1) is 0 Å². The van der Waals surface area contributed by atoms with Crippen LogP contribution in [0.3, 0.4) is 0 Å². The molecule has 5 heteroatoms. The third-order valence-corrected chi connectivity index (χ3v) is 1.28. The third-order valence-electron chi connectivity index (χ3n) is 1.28. The minimum Gasteiger partial charge on any atom is -0.333 e. The minimum absolute atomic E-state index is 0.492. The highest BCUT2D eigenvalue weighted by Gasteiger charge is 2.36. The molecule has 0 aromatic heterocycles. The van der Waals surface area contributed by atoms with Crippen molar-refractivity contribution in [1.29, 1.82) is 0 Å². The molecule has 5 nitrogen and oxygen atoms in total. The van der Waals surface area contributed by atoms with E-state index in [2.05, 4.69) is 5.32 Å². The van der Waals surface area contributed by atoms with Crippen molar-refractivity contribution < 1.29 is 14.3 Å². The van der Waals surface area contributed by atoms with Crippen molar-refractivity contribution in [3.63, 3.8) is 0 Å². The zero-order chi connectivity index (χ0) is 8.91. The van der Waals surface area contributed by atoms with Crippen LogP contribution in [0.1, 0.15) is 6.92 Å². The number of nitrogens with one attached hydrogen (secondary N) is 2.